The second kappa shape index (κ2) is 13.3. The summed E-state index contributed by atoms with van der Waals surface area (Å²) in [5.41, 5.74) is 2.18. The number of methoxy groups -OCH3 is 2. The van der Waals surface area contributed by atoms with E-state index in [0.717, 1.165) is 54.7 Å². The first kappa shape index (κ1) is 35.3. The number of ether oxygens (including phenoxy) is 3. The fourth-order valence-electron chi connectivity index (χ4n) is 7.04. The van der Waals surface area contributed by atoms with Crippen LogP contribution in [0.25, 0.3) is 0 Å². The van der Waals surface area contributed by atoms with Crippen LogP contribution >= 0.6 is 0 Å². The lowest BCUT2D eigenvalue weighted by Crippen LogP contribution is -2.45. The summed E-state index contributed by atoms with van der Waals surface area (Å²) in [6.07, 6.45) is 5.82. The molecule has 0 atom stereocenters. The van der Waals surface area contributed by atoms with E-state index in [9.17, 15) is 13.2 Å². The van der Waals surface area contributed by atoms with Gasteiger partial charge >= 0.3 is 0 Å². The number of sulfonamides is 1. The molecule has 49 heavy (non-hydrogen) atoms. The van der Waals surface area contributed by atoms with Crippen molar-refractivity contribution in [3.8, 4) is 17.2 Å². The maximum absolute atomic E-state index is 14.4. The van der Waals surface area contributed by atoms with Gasteiger partial charge in [0.1, 0.15) is 22.1 Å². The molecule has 0 saturated heterocycles. The summed E-state index contributed by atoms with van der Waals surface area (Å²) in [5.74, 6) is 1.55. The summed E-state index contributed by atoms with van der Waals surface area (Å²) in [4.78, 5) is 16.3. The highest BCUT2D eigenvalue weighted by atomic mass is 32.2. The fourth-order valence-corrected chi connectivity index (χ4v) is 9.68. The highest BCUT2D eigenvalue weighted by Gasteiger charge is 2.56. The number of carbonyl (C=O) groups is 1. The average Bonchev–Trinajstić information content (AvgIpc) is 3.29. The highest BCUT2D eigenvalue weighted by Crippen LogP contribution is 2.58. The largest absolute Gasteiger partial charge is 0.497 e. The fraction of sp³-hybridized carbons (Fsp3) is 0.500. The third-order valence-electron chi connectivity index (χ3n) is 11.0. The summed E-state index contributed by atoms with van der Waals surface area (Å²) in [6.45, 7) is 11.7. The Bertz CT molecular complexity index is 1790. The van der Waals surface area contributed by atoms with Gasteiger partial charge in [-0.15, -0.1) is 0 Å². The number of amides is 1. The Balaban J connectivity index is 1.35. The zero-order valence-corrected chi connectivity index (χ0v) is 31.6. The van der Waals surface area contributed by atoms with Gasteiger partial charge in [-0.1, -0.05) is 51.5 Å². The summed E-state index contributed by atoms with van der Waals surface area (Å²) in [6, 6.07) is 17.9. The minimum Gasteiger partial charge on any atom is -0.497 e. The van der Waals surface area contributed by atoms with Crippen LogP contribution in [0.2, 0.25) is 18.1 Å². The number of hydrogen-bond donors (Lipinski definition) is 1. The van der Waals surface area contributed by atoms with Crippen molar-refractivity contribution in [2.45, 2.75) is 113 Å². The van der Waals surface area contributed by atoms with Gasteiger partial charge in [0, 0.05) is 12.2 Å². The van der Waals surface area contributed by atoms with E-state index < -0.39 is 23.8 Å². The van der Waals surface area contributed by atoms with E-state index in [1.807, 2.05) is 35.2 Å². The van der Waals surface area contributed by atoms with Crippen LogP contribution in [0.15, 0.2) is 65.6 Å². The molecule has 2 aliphatic carbocycles. The zero-order valence-electron chi connectivity index (χ0n) is 29.8. The van der Waals surface area contributed by atoms with E-state index in [0.29, 0.717) is 30.8 Å². The molecule has 2 fully saturated rings. The van der Waals surface area contributed by atoms with Crippen LogP contribution < -0.4 is 23.8 Å². The minimum absolute atomic E-state index is 0.0330. The number of fused-ring (bicyclic) bond motifs is 2. The molecule has 0 unspecified atom stereocenters. The van der Waals surface area contributed by atoms with Crippen LogP contribution in [0.4, 0.5) is 11.4 Å². The van der Waals surface area contributed by atoms with Crippen molar-refractivity contribution in [1.29, 1.82) is 0 Å². The van der Waals surface area contributed by atoms with Gasteiger partial charge in [-0.2, -0.15) is 0 Å². The molecular weight excluding hydrogens is 657 g/mol. The standard InChI is InChI=1S/C38H50N2O7SSi/c1-37(2,3)49(6,7)47-30-19-17-29(18-20-30)46-33-24-27(39-48(42,43)34-12-9-8-11-32(34)45-5)23-31-35(33)40(36(41)38(31)21-10-22-38)25-26-13-15-28(44-4)16-14-26/h8-9,11-16,23-24,29-30,39H,10,17-22,25H2,1-7H3. The Morgan fingerprint density at radius 1 is 0.898 bits per heavy atom. The minimum atomic E-state index is -4.02. The van der Waals surface area contributed by atoms with Crippen molar-refractivity contribution in [3.63, 3.8) is 0 Å². The third kappa shape index (κ3) is 6.81. The lowest BCUT2D eigenvalue weighted by atomic mass is 9.65. The number of carbonyl (C=O) groups excluding carboxylic acids is 1. The lowest BCUT2D eigenvalue weighted by molar-refractivity contribution is -0.126. The van der Waals surface area contributed by atoms with Crippen LogP contribution in [0.1, 0.15) is 76.8 Å². The molecule has 264 valence electrons. The Morgan fingerprint density at radius 2 is 1.55 bits per heavy atom. The van der Waals surface area contributed by atoms with Gasteiger partial charge in [0.05, 0.1) is 43.7 Å². The Labute approximate surface area is 292 Å². The molecule has 6 rings (SSSR count). The first-order chi connectivity index (χ1) is 23.2. The molecule has 0 aromatic heterocycles. The second-order valence-electron chi connectivity index (χ2n) is 15.2. The number of hydrogen-bond acceptors (Lipinski definition) is 7. The van der Waals surface area contributed by atoms with Gasteiger partial charge in [0.25, 0.3) is 10.0 Å². The van der Waals surface area contributed by atoms with Crippen LogP contribution in [-0.2, 0) is 31.2 Å². The number of nitrogens with one attached hydrogen (secondary N) is 1. The van der Waals surface area contributed by atoms with E-state index in [-0.39, 0.29) is 33.8 Å². The quantitative estimate of drug-likeness (QED) is 0.201. The van der Waals surface area contributed by atoms with Crippen LogP contribution in [0.3, 0.4) is 0 Å². The van der Waals surface area contributed by atoms with E-state index in [2.05, 4.69) is 38.6 Å². The van der Waals surface area contributed by atoms with Crippen molar-refractivity contribution in [1.82, 2.24) is 0 Å². The van der Waals surface area contributed by atoms with Gasteiger partial charge < -0.3 is 23.5 Å². The molecule has 0 radical (unpaired) electrons. The van der Waals surface area contributed by atoms with Crippen molar-refractivity contribution in [2.75, 3.05) is 23.8 Å². The SMILES string of the molecule is COc1ccc(CN2C(=O)C3(CCC3)c3cc(NS(=O)(=O)c4ccccc4OC)cc(OC4CCC(O[Si](C)(C)C(C)(C)C)CC4)c32)cc1. The summed E-state index contributed by atoms with van der Waals surface area (Å²) >= 11 is 0. The zero-order chi connectivity index (χ0) is 35.2. The average molecular weight is 707 g/mol. The van der Waals surface area contributed by atoms with E-state index in [1.54, 1.807) is 31.4 Å². The molecule has 1 N–H and O–H groups in total. The summed E-state index contributed by atoms with van der Waals surface area (Å²) < 4.78 is 54.6. The molecule has 1 amide bonds. The number of para-hydroxylation sites is 1. The second-order valence-corrected chi connectivity index (χ2v) is 21.6. The summed E-state index contributed by atoms with van der Waals surface area (Å²) in [7, 11) is -2.85. The smallest absolute Gasteiger partial charge is 0.265 e. The van der Waals surface area contributed by atoms with E-state index in [1.165, 1.54) is 13.2 Å². The van der Waals surface area contributed by atoms with Crippen LogP contribution in [0, 0.1) is 0 Å². The summed E-state index contributed by atoms with van der Waals surface area (Å²) in [5, 5.41) is 0.135. The van der Waals surface area contributed by atoms with Gasteiger partial charge in [0.2, 0.25) is 5.91 Å². The normalized spacial score (nSPS) is 20.5. The molecular formula is C38H50N2O7SSi. The molecule has 9 nitrogen and oxygen atoms in total. The number of rotatable bonds is 11. The number of nitrogens with zero attached hydrogens (tertiary/aromatic N) is 1. The van der Waals surface area contributed by atoms with Gasteiger partial charge in [-0.3, -0.25) is 9.52 Å². The molecule has 3 aliphatic rings. The molecule has 1 heterocycles. The van der Waals surface area contributed by atoms with Gasteiger partial charge in [-0.05, 0) is 98.1 Å². The monoisotopic (exact) mass is 706 g/mol. The number of anilines is 2. The molecule has 3 aromatic carbocycles. The Morgan fingerprint density at radius 3 is 2.14 bits per heavy atom. The first-order valence-corrected chi connectivity index (χ1v) is 21.7. The number of benzene rings is 3. The van der Waals surface area contributed by atoms with E-state index >= 15 is 0 Å². The third-order valence-corrected chi connectivity index (χ3v) is 17.0. The topological polar surface area (TPSA) is 103 Å². The maximum Gasteiger partial charge on any atom is 0.265 e. The van der Waals surface area contributed by atoms with Crippen molar-refractivity contribution < 1.29 is 31.8 Å². The van der Waals surface area contributed by atoms with Crippen molar-refractivity contribution in [2.24, 2.45) is 0 Å². The molecule has 3 aromatic rings. The molecule has 11 heteroatoms. The molecule has 1 aliphatic heterocycles. The Hall–Kier alpha value is -3.54. The molecule has 2 saturated carbocycles. The van der Waals surface area contributed by atoms with E-state index in [4.69, 9.17) is 18.6 Å². The van der Waals surface area contributed by atoms with Crippen molar-refractivity contribution >= 4 is 35.6 Å². The maximum atomic E-state index is 14.4. The highest BCUT2D eigenvalue weighted by molar-refractivity contribution is 7.92. The first-order valence-electron chi connectivity index (χ1n) is 17.3. The lowest BCUT2D eigenvalue weighted by Gasteiger charge is -2.41. The van der Waals surface area contributed by atoms with Crippen LogP contribution in [0.5, 0.6) is 17.2 Å². The van der Waals surface area contributed by atoms with Crippen molar-refractivity contribution in [3.05, 3.63) is 71.8 Å². The van der Waals surface area contributed by atoms with Gasteiger partial charge in [-0.25, -0.2) is 8.42 Å². The van der Waals surface area contributed by atoms with Crippen LogP contribution in [-0.4, -0.2) is 49.1 Å². The molecule has 0 bridgehead atoms. The Kier molecular flexibility index (Phi) is 9.58. The predicted molar refractivity (Wildman–Crippen MR) is 195 cm³/mol. The van der Waals surface area contributed by atoms with Gasteiger partial charge in [0.15, 0.2) is 8.32 Å². The predicted octanol–water partition coefficient (Wildman–Crippen LogP) is 8.18. The molecule has 1 spiro atoms.